The van der Waals surface area contributed by atoms with Crippen molar-refractivity contribution < 1.29 is 0 Å². The smallest absolute Gasteiger partial charge is 0.0406 e. The van der Waals surface area contributed by atoms with Gasteiger partial charge in [0, 0.05) is 9.92 Å². The van der Waals surface area contributed by atoms with Crippen LogP contribution in [-0.2, 0) is 0 Å². The summed E-state index contributed by atoms with van der Waals surface area (Å²) in [7, 11) is 0. The molecule has 0 aliphatic rings. The monoisotopic (exact) mass is 160 g/mol. The predicted molar refractivity (Wildman–Crippen MR) is 45.4 cm³/mol. The molecule has 0 saturated heterocycles. The molecule has 0 fully saturated rings. The number of benzene rings is 1. The highest BCUT2D eigenvalue weighted by Gasteiger charge is 1.82. The molecule has 1 aromatic rings. The molecule has 1 aromatic carbocycles. The van der Waals surface area contributed by atoms with E-state index in [2.05, 4.69) is 12.6 Å². The van der Waals surface area contributed by atoms with Gasteiger partial charge in [-0.3, -0.25) is 0 Å². The Hall–Kier alpha value is -0.140. The Labute approximate surface area is 66.3 Å². The summed E-state index contributed by atoms with van der Waals surface area (Å²) < 4.78 is 0. The first kappa shape index (κ1) is 8.86. The maximum atomic E-state index is 5.58. The highest BCUT2D eigenvalue weighted by molar-refractivity contribution is 7.80. The van der Waals surface area contributed by atoms with Gasteiger partial charge in [0.05, 0.1) is 0 Å². The molecule has 2 heteroatoms. The fourth-order valence-corrected chi connectivity index (χ4v) is 0.716. The van der Waals surface area contributed by atoms with E-state index in [9.17, 15) is 0 Å². The molecular formula is C7H9ClS. The summed E-state index contributed by atoms with van der Waals surface area (Å²) in [6.07, 6.45) is 0. The predicted octanol–water partition coefficient (Wildman–Crippen LogP) is 3.26. The van der Waals surface area contributed by atoms with Crippen LogP contribution in [0.4, 0.5) is 0 Å². The molecule has 0 aromatic heterocycles. The highest BCUT2D eigenvalue weighted by atomic mass is 35.5. The van der Waals surface area contributed by atoms with Gasteiger partial charge >= 0.3 is 0 Å². The van der Waals surface area contributed by atoms with Crippen molar-refractivity contribution in [2.45, 2.75) is 12.3 Å². The average molecular weight is 161 g/mol. The average Bonchev–Trinajstić information content (AvgIpc) is 1.77. The lowest BCUT2D eigenvalue weighted by Crippen LogP contribution is -1.61. The second-order valence-corrected chi connectivity index (χ2v) is 2.43. The summed E-state index contributed by atoms with van der Waals surface area (Å²) >= 11 is 9.65. The Morgan fingerprint density at radius 3 is 1.89 bits per heavy atom. The van der Waals surface area contributed by atoms with Crippen molar-refractivity contribution >= 4 is 24.2 Å². The minimum atomic E-state index is 0. The van der Waals surface area contributed by atoms with Crippen molar-refractivity contribution in [3.8, 4) is 0 Å². The molecule has 0 aliphatic heterocycles. The quantitative estimate of drug-likeness (QED) is 0.554. The number of rotatable bonds is 0. The molecule has 50 valence electrons. The topological polar surface area (TPSA) is 0 Å². The number of hydrogen-bond acceptors (Lipinski definition) is 1. The summed E-state index contributed by atoms with van der Waals surface area (Å²) in [5.74, 6) is 0. The van der Waals surface area contributed by atoms with Gasteiger partial charge < -0.3 is 0 Å². The van der Waals surface area contributed by atoms with Crippen LogP contribution in [0.3, 0.4) is 0 Å². The standard InChI is InChI=1S/C6H5ClS.CH4/c7-5-1-3-6(8)4-2-5;/h1-4,8H;1H4. The molecule has 0 N–H and O–H groups in total. The van der Waals surface area contributed by atoms with Gasteiger partial charge in [-0.25, -0.2) is 0 Å². The van der Waals surface area contributed by atoms with E-state index in [1.807, 2.05) is 24.3 Å². The van der Waals surface area contributed by atoms with Gasteiger partial charge in [-0.15, -0.1) is 12.6 Å². The number of halogens is 1. The van der Waals surface area contributed by atoms with Gasteiger partial charge in [0.25, 0.3) is 0 Å². The molecule has 0 spiro atoms. The molecule has 0 amide bonds. The maximum Gasteiger partial charge on any atom is 0.0406 e. The van der Waals surface area contributed by atoms with E-state index in [1.54, 1.807) is 0 Å². The molecule has 0 atom stereocenters. The van der Waals surface area contributed by atoms with Gasteiger partial charge in [0.2, 0.25) is 0 Å². The van der Waals surface area contributed by atoms with E-state index in [0.717, 1.165) is 9.92 Å². The number of hydrogen-bond donors (Lipinski definition) is 1. The van der Waals surface area contributed by atoms with Gasteiger partial charge in [0.15, 0.2) is 0 Å². The first-order valence-electron chi connectivity index (χ1n) is 2.23. The van der Waals surface area contributed by atoms with Crippen molar-refractivity contribution in [2.24, 2.45) is 0 Å². The molecule has 0 bridgehead atoms. The lowest BCUT2D eigenvalue weighted by molar-refractivity contribution is 1.48. The normalized spacial score (nSPS) is 8.22. The molecule has 0 unspecified atom stereocenters. The Morgan fingerprint density at radius 2 is 1.56 bits per heavy atom. The maximum absolute atomic E-state index is 5.58. The van der Waals surface area contributed by atoms with E-state index in [-0.39, 0.29) is 7.43 Å². The molecule has 0 nitrogen and oxygen atoms in total. The molecule has 0 saturated carbocycles. The molecule has 0 radical (unpaired) electrons. The van der Waals surface area contributed by atoms with Crippen molar-refractivity contribution in [1.29, 1.82) is 0 Å². The first-order chi connectivity index (χ1) is 3.79. The largest absolute Gasteiger partial charge is 0.143 e. The van der Waals surface area contributed by atoms with E-state index in [0.29, 0.717) is 0 Å². The Balaban J connectivity index is 0.000000640. The van der Waals surface area contributed by atoms with Crippen molar-refractivity contribution in [1.82, 2.24) is 0 Å². The zero-order chi connectivity index (χ0) is 5.98. The molecule has 1 rings (SSSR count). The Morgan fingerprint density at radius 1 is 1.11 bits per heavy atom. The van der Waals surface area contributed by atoms with Crippen LogP contribution < -0.4 is 0 Å². The second kappa shape index (κ2) is 3.80. The summed E-state index contributed by atoms with van der Waals surface area (Å²) in [4.78, 5) is 0.939. The van der Waals surface area contributed by atoms with E-state index >= 15 is 0 Å². The van der Waals surface area contributed by atoms with E-state index in [1.165, 1.54) is 0 Å². The van der Waals surface area contributed by atoms with Crippen molar-refractivity contribution in [3.05, 3.63) is 29.3 Å². The van der Waals surface area contributed by atoms with Crippen LogP contribution in [0, 0.1) is 0 Å². The van der Waals surface area contributed by atoms with Crippen LogP contribution >= 0.6 is 24.2 Å². The second-order valence-electron chi connectivity index (χ2n) is 1.48. The molecule has 0 aliphatic carbocycles. The van der Waals surface area contributed by atoms with E-state index in [4.69, 9.17) is 11.6 Å². The molecule has 0 heterocycles. The van der Waals surface area contributed by atoms with E-state index < -0.39 is 0 Å². The van der Waals surface area contributed by atoms with Crippen LogP contribution in [0.5, 0.6) is 0 Å². The van der Waals surface area contributed by atoms with Gasteiger partial charge in [-0.2, -0.15) is 0 Å². The van der Waals surface area contributed by atoms with Gasteiger partial charge in [0.1, 0.15) is 0 Å². The fourth-order valence-electron chi connectivity index (χ4n) is 0.441. The summed E-state index contributed by atoms with van der Waals surface area (Å²) in [5.41, 5.74) is 0. The zero-order valence-corrected chi connectivity index (χ0v) is 5.78. The Bertz CT molecular complexity index is 148. The van der Waals surface area contributed by atoms with Crippen LogP contribution in [0.15, 0.2) is 29.2 Å². The van der Waals surface area contributed by atoms with Crippen molar-refractivity contribution in [2.75, 3.05) is 0 Å². The SMILES string of the molecule is C.Sc1ccc(Cl)cc1. The third-order valence-electron chi connectivity index (χ3n) is 0.827. The third-order valence-corrected chi connectivity index (χ3v) is 1.38. The van der Waals surface area contributed by atoms with Crippen LogP contribution in [0.25, 0.3) is 0 Å². The first-order valence-corrected chi connectivity index (χ1v) is 3.06. The van der Waals surface area contributed by atoms with Crippen LogP contribution in [0.2, 0.25) is 5.02 Å². The summed E-state index contributed by atoms with van der Waals surface area (Å²) in [6.45, 7) is 0. The molecule has 9 heavy (non-hydrogen) atoms. The fraction of sp³-hybridized carbons (Fsp3) is 0.143. The summed E-state index contributed by atoms with van der Waals surface area (Å²) in [5, 5.41) is 0.753. The number of thiol groups is 1. The molecular weight excluding hydrogens is 152 g/mol. The lowest BCUT2D eigenvalue weighted by atomic mass is 10.4. The minimum Gasteiger partial charge on any atom is -0.143 e. The highest BCUT2D eigenvalue weighted by Crippen LogP contribution is 2.11. The van der Waals surface area contributed by atoms with Crippen LogP contribution in [0.1, 0.15) is 7.43 Å². The van der Waals surface area contributed by atoms with Crippen LogP contribution in [-0.4, -0.2) is 0 Å². The van der Waals surface area contributed by atoms with Gasteiger partial charge in [-0.1, -0.05) is 19.0 Å². The summed E-state index contributed by atoms with van der Waals surface area (Å²) in [6, 6.07) is 7.32. The lowest BCUT2D eigenvalue weighted by Gasteiger charge is -1.87. The Kier molecular flexibility index (Phi) is 3.75. The van der Waals surface area contributed by atoms with Crippen molar-refractivity contribution in [3.63, 3.8) is 0 Å². The third kappa shape index (κ3) is 2.78. The van der Waals surface area contributed by atoms with Gasteiger partial charge in [-0.05, 0) is 24.3 Å². The minimum absolute atomic E-state index is 0. The zero-order valence-electron chi connectivity index (χ0n) is 4.13.